The topological polar surface area (TPSA) is 138 Å². The summed E-state index contributed by atoms with van der Waals surface area (Å²) in [6, 6.07) is 21.4. The van der Waals surface area contributed by atoms with E-state index in [0.717, 1.165) is 27.5 Å². The fraction of sp³-hybridized carbons (Fsp3) is 0.143. The molecule has 218 valence electrons. The van der Waals surface area contributed by atoms with Crippen LogP contribution in [0.5, 0.6) is 0 Å². The van der Waals surface area contributed by atoms with Gasteiger partial charge in [-0.1, -0.05) is 37.1 Å². The normalized spacial score (nSPS) is 9.83. The van der Waals surface area contributed by atoms with E-state index in [2.05, 4.69) is 38.2 Å². The zero-order chi connectivity index (χ0) is 30.5. The number of halogens is 2. The Morgan fingerprint density at radius 3 is 1.80 bits per heavy atom. The Kier molecular flexibility index (Phi) is 13.3. The lowest BCUT2D eigenvalue weighted by atomic mass is 10.2. The van der Waals surface area contributed by atoms with Crippen molar-refractivity contribution >= 4 is 80.8 Å². The number of nitrogens with one attached hydrogen (secondary N) is 1. The Morgan fingerprint density at radius 2 is 1.27 bits per heavy atom. The van der Waals surface area contributed by atoms with Gasteiger partial charge < -0.3 is 19.9 Å². The van der Waals surface area contributed by atoms with Gasteiger partial charge in [0.15, 0.2) is 0 Å². The Morgan fingerprint density at radius 1 is 0.805 bits per heavy atom. The van der Waals surface area contributed by atoms with Crippen LogP contribution in [0.1, 0.15) is 1.37 Å². The Hall–Kier alpha value is -4.40. The summed E-state index contributed by atoms with van der Waals surface area (Å²) in [5, 5.41) is 24.1. The molecule has 3 N–H and O–H groups in total. The van der Waals surface area contributed by atoms with Crippen LogP contribution in [0.25, 0.3) is 32.7 Å². The number of rotatable bonds is 2. The number of nitrogens with zero attached hydrogens (tertiary/aromatic N) is 4. The fourth-order valence-electron chi connectivity index (χ4n) is 3.79. The first kappa shape index (κ1) is 32.8. The molecule has 0 spiro atoms. The largest absolute Gasteiger partial charge is 0.399 e. The van der Waals surface area contributed by atoms with E-state index in [1.165, 1.54) is 29.1 Å². The molecule has 0 aliphatic heterocycles. The van der Waals surface area contributed by atoms with Crippen LogP contribution in [0.3, 0.4) is 0 Å². The van der Waals surface area contributed by atoms with Gasteiger partial charge in [-0.3, -0.25) is 24.6 Å². The van der Waals surface area contributed by atoms with E-state index in [0.29, 0.717) is 0 Å². The van der Waals surface area contributed by atoms with Gasteiger partial charge in [-0.2, -0.15) is 0 Å². The second kappa shape index (κ2) is 16.6. The maximum absolute atomic E-state index is 10.5. The van der Waals surface area contributed by atoms with Gasteiger partial charge in [0.05, 0.1) is 29.4 Å². The van der Waals surface area contributed by atoms with Crippen LogP contribution in [0.15, 0.2) is 91.4 Å². The van der Waals surface area contributed by atoms with Gasteiger partial charge in [-0.05, 0) is 58.2 Å². The molecule has 0 atom stereocenters. The third kappa shape index (κ3) is 9.06. The first-order valence-corrected chi connectivity index (χ1v) is 13.7. The van der Waals surface area contributed by atoms with Crippen molar-refractivity contribution in [2.45, 2.75) is 0 Å². The van der Waals surface area contributed by atoms with Crippen molar-refractivity contribution in [3.05, 3.63) is 112 Å². The lowest BCUT2D eigenvalue weighted by molar-refractivity contribution is -0.384. The van der Waals surface area contributed by atoms with Gasteiger partial charge in [-0.25, -0.2) is 0 Å². The number of hydrogen-bond acceptors (Lipinski definition) is 5. The maximum Gasteiger partial charge on any atom is 0.271 e. The average molecular weight is 676 g/mol. The molecule has 0 saturated heterocycles. The van der Waals surface area contributed by atoms with Crippen molar-refractivity contribution in [1.82, 2.24) is 14.1 Å². The average Bonchev–Trinajstić information content (AvgIpc) is 3.69. The van der Waals surface area contributed by atoms with Crippen molar-refractivity contribution < 1.29 is 15.6 Å². The van der Waals surface area contributed by atoms with Gasteiger partial charge in [0.25, 0.3) is 11.4 Å². The van der Waals surface area contributed by atoms with E-state index in [1.54, 1.807) is 24.4 Å². The van der Waals surface area contributed by atoms with Gasteiger partial charge in [0.2, 0.25) is 0 Å². The van der Waals surface area contributed by atoms with Crippen LogP contribution in [-0.4, -0.2) is 44.5 Å². The van der Waals surface area contributed by atoms with Gasteiger partial charge in [-0.15, -0.1) is 0 Å². The van der Waals surface area contributed by atoms with Crippen LogP contribution < -0.4 is 5.73 Å². The highest BCUT2D eigenvalue weighted by Crippen LogP contribution is 2.21. The van der Waals surface area contributed by atoms with Crippen LogP contribution in [0.4, 0.5) is 21.5 Å². The third-order valence-corrected chi connectivity index (χ3v) is 5.74. The molecule has 0 fully saturated rings. The predicted molar refractivity (Wildman–Crippen MR) is 180 cm³/mol. The molecule has 10 nitrogen and oxygen atoms in total. The predicted octanol–water partition coefficient (Wildman–Crippen LogP) is 6.11. The Balaban J connectivity index is 0.000000290. The molecule has 6 aromatic rings. The smallest absolute Gasteiger partial charge is 0.271 e. The summed E-state index contributed by atoms with van der Waals surface area (Å²) in [4.78, 5) is 24.9. The summed E-state index contributed by atoms with van der Waals surface area (Å²) in [6.45, 7) is 0. The number of aromatic amines is 1. The van der Waals surface area contributed by atoms with Crippen LogP contribution in [-0.2, 0) is 14.1 Å². The number of benzene rings is 3. The summed E-state index contributed by atoms with van der Waals surface area (Å²) in [6.07, 6.45) is 5.67. The molecule has 3 heterocycles. The highest BCUT2D eigenvalue weighted by atomic mass is 127. The van der Waals surface area contributed by atoms with E-state index in [1.807, 2.05) is 66.3 Å². The number of nitro groups is 2. The van der Waals surface area contributed by atoms with Gasteiger partial charge in [0.1, 0.15) is 0 Å². The molecule has 0 bridgehead atoms. The summed E-state index contributed by atoms with van der Waals surface area (Å²) in [7, 11) is 2.88. The van der Waals surface area contributed by atoms with E-state index < -0.39 is 12.1 Å². The van der Waals surface area contributed by atoms with Crippen molar-refractivity contribution in [2.75, 3.05) is 17.8 Å². The van der Waals surface area contributed by atoms with Crippen LogP contribution in [0, 0.1) is 20.2 Å². The minimum atomic E-state index is -1.00. The maximum atomic E-state index is 10.5. The number of anilines is 1. The number of alkyl halides is 2. The Labute approximate surface area is 253 Å². The highest BCUT2D eigenvalue weighted by molar-refractivity contribution is 14.1. The molecule has 3 aromatic carbocycles. The molecule has 0 aliphatic rings. The highest BCUT2D eigenvalue weighted by Gasteiger charge is 2.07. The molecule has 3 aromatic heterocycles. The molecule has 6 rings (SSSR count). The van der Waals surface area contributed by atoms with Crippen LogP contribution in [0.2, 0.25) is 0 Å². The zero-order valence-corrected chi connectivity index (χ0v) is 24.3. The van der Waals surface area contributed by atoms with E-state index in [4.69, 9.17) is 7.10 Å². The summed E-state index contributed by atoms with van der Waals surface area (Å²) >= 11 is 2.15. The number of hydrogen-bond donors (Lipinski definition) is 2. The van der Waals surface area contributed by atoms with Crippen molar-refractivity contribution in [3.8, 4) is 0 Å². The number of nitrogens with two attached hydrogens (primary N) is 1. The SMILES string of the molecule is CI.Cn1ccc2ccc(N)cc21.Cn1ccc2ccc([N+](=O)[O-])cc21.O=[N+]([O-])c1ccc2cc[nH]c2c1.[2H]CF.[BH4-]. The first-order chi connectivity index (χ1) is 19.6. The number of H-pyrrole nitrogens is 1. The molecule has 0 amide bonds. The molecule has 0 unspecified atom stereocenters. The molecular weight excluding hydrogens is 641 g/mol. The minimum absolute atomic E-state index is 0. The van der Waals surface area contributed by atoms with Gasteiger partial charge in [0, 0.05) is 73.5 Å². The van der Waals surface area contributed by atoms with E-state index in [9.17, 15) is 24.6 Å². The first-order valence-electron chi connectivity index (χ1n) is 12.3. The minimum Gasteiger partial charge on any atom is -0.399 e. The molecule has 0 saturated carbocycles. The molecular formula is C28H34BFIN6O4-. The number of fused-ring (bicyclic) bond motifs is 3. The molecule has 0 aliphatic carbocycles. The summed E-state index contributed by atoms with van der Waals surface area (Å²) in [5.74, 6) is 0. The summed E-state index contributed by atoms with van der Waals surface area (Å²) in [5.41, 5.74) is 9.57. The van der Waals surface area contributed by atoms with Crippen LogP contribution >= 0.6 is 22.6 Å². The van der Waals surface area contributed by atoms with Crippen molar-refractivity contribution in [1.29, 1.82) is 0 Å². The lowest BCUT2D eigenvalue weighted by Crippen LogP contribution is -1.89. The van der Waals surface area contributed by atoms with Gasteiger partial charge >= 0.3 is 0 Å². The molecule has 13 heteroatoms. The number of aryl methyl sites for hydroxylation is 2. The number of nitro benzene ring substituents is 2. The molecule has 0 radical (unpaired) electrons. The number of aromatic nitrogens is 3. The number of non-ortho nitro benzene ring substituents is 2. The second-order valence-corrected chi connectivity index (χ2v) is 8.18. The Bertz CT molecular complexity index is 1740. The van der Waals surface area contributed by atoms with E-state index >= 15 is 0 Å². The zero-order valence-electron chi connectivity index (χ0n) is 23.1. The lowest BCUT2D eigenvalue weighted by Gasteiger charge is -1.96. The van der Waals surface area contributed by atoms with Crippen molar-refractivity contribution in [2.24, 2.45) is 14.1 Å². The standard InChI is InChI=1S/C9H8N2O2.C9H10N2.C8H6N2O2.CH3F.CH3I.BH4/c1-10-5-4-7-2-3-8(11(12)13)6-9(7)10;1-11-5-4-7-2-3-8(10)6-9(7)11;11-10(12)7-2-1-6-3-4-9-8(6)5-7;2*1-2;/h2-6H,1H3;2-6H,10H2,1H3;1-5,9H;2*1H3;1H4/q;;;;;-1/i;;;1D;;. The van der Waals surface area contributed by atoms with E-state index in [-0.39, 0.29) is 24.7 Å². The second-order valence-electron chi connectivity index (χ2n) is 8.18. The summed E-state index contributed by atoms with van der Waals surface area (Å²) < 4.78 is 19.4. The number of nitrogen functional groups attached to an aromatic ring is 1. The van der Waals surface area contributed by atoms with Crippen molar-refractivity contribution in [3.63, 3.8) is 0 Å². The fourth-order valence-corrected chi connectivity index (χ4v) is 3.79. The monoisotopic (exact) mass is 676 g/mol. The third-order valence-electron chi connectivity index (χ3n) is 5.74. The molecule has 41 heavy (non-hydrogen) atoms. The quantitative estimate of drug-likeness (QED) is 0.0570.